The molecule has 0 aromatic heterocycles. The van der Waals surface area contributed by atoms with E-state index >= 15 is 0 Å². The summed E-state index contributed by atoms with van der Waals surface area (Å²) in [5, 5.41) is 12.9. The second-order valence-corrected chi connectivity index (χ2v) is 8.87. The quantitative estimate of drug-likeness (QED) is 0.754. The van der Waals surface area contributed by atoms with Crippen LogP contribution in [-0.2, 0) is 21.1 Å². The van der Waals surface area contributed by atoms with Crippen LogP contribution in [0.3, 0.4) is 0 Å². The van der Waals surface area contributed by atoms with Crippen molar-refractivity contribution in [2.75, 3.05) is 30.8 Å². The van der Waals surface area contributed by atoms with Gasteiger partial charge in [0.05, 0.1) is 16.8 Å². The average Bonchev–Trinajstić information content (AvgIpc) is 3.05. The number of hydrogen-bond acceptors (Lipinski definition) is 5. The molecule has 0 saturated carbocycles. The highest BCUT2D eigenvalue weighted by molar-refractivity contribution is 7.91. The van der Waals surface area contributed by atoms with E-state index in [4.69, 9.17) is 0 Å². The van der Waals surface area contributed by atoms with Crippen molar-refractivity contribution in [2.24, 2.45) is 0 Å². The Hall–Kier alpha value is -2.38. The van der Waals surface area contributed by atoms with Gasteiger partial charge in [-0.2, -0.15) is 0 Å². The SMILES string of the molecule is CN1CCc2cc([C@@H](O)CNC(=O)CCS(=O)(=O)c3ccccc3)ccc21. The highest BCUT2D eigenvalue weighted by Gasteiger charge is 2.19. The maximum atomic E-state index is 12.2. The molecule has 144 valence electrons. The predicted molar refractivity (Wildman–Crippen MR) is 104 cm³/mol. The van der Waals surface area contributed by atoms with Crippen LogP contribution in [0, 0.1) is 0 Å². The number of amides is 1. The summed E-state index contributed by atoms with van der Waals surface area (Å²) in [7, 11) is -1.45. The van der Waals surface area contributed by atoms with E-state index in [1.54, 1.807) is 18.2 Å². The number of benzene rings is 2. The van der Waals surface area contributed by atoms with E-state index in [0.717, 1.165) is 18.5 Å². The number of carbonyl (C=O) groups excluding carboxylic acids is 1. The van der Waals surface area contributed by atoms with Crippen LogP contribution in [0.4, 0.5) is 5.69 Å². The zero-order valence-corrected chi connectivity index (χ0v) is 16.1. The van der Waals surface area contributed by atoms with Gasteiger partial charge in [0.15, 0.2) is 9.84 Å². The van der Waals surface area contributed by atoms with Crippen molar-refractivity contribution in [1.29, 1.82) is 0 Å². The number of nitrogens with one attached hydrogen (secondary N) is 1. The Morgan fingerprint density at radius 2 is 1.96 bits per heavy atom. The molecule has 27 heavy (non-hydrogen) atoms. The third kappa shape index (κ3) is 4.67. The van der Waals surface area contributed by atoms with Gasteiger partial charge in [0, 0.05) is 32.2 Å². The molecular formula is C20H24N2O4S. The Labute approximate surface area is 159 Å². The number of likely N-dealkylation sites (N-methyl/N-ethyl adjacent to an activating group) is 1. The van der Waals surface area contributed by atoms with Gasteiger partial charge in [-0.05, 0) is 35.7 Å². The normalized spacial score (nSPS) is 14.7. The minimum atomic E-state index is -3.49. The maximum Gasteiger partial charge on any atom is 0.221 e. The number of aliphatic hydroxyl groups excluding tert-OH is 1. The Morgan fingerprint density at radius 3 is 2.70 bits per heavy atom. The number of carbonyl (C=O) groups is 1. The van der Waals surface area contributed by atoms with Crippen molar-refractivity contribution in [2.45, 2.75) is 23.8 Å². The topological polar surface area (TPSA) is 86.7 Å². The highest BCUT2D eigenvalue weighted by atomic mass is 32.2. The standard InChI is InChI=1S/C20H24N2O4S/c1-22-11-9-15-13-16(7-8-18(15)22)19(23)14-21-20(24)10-12-27(25,26)17-5-3-2-4-6-17/h2-8,13,19,23H,9-12,14H2,1H3,(H,21,24)/t19-/m0/s1. The van der Waals surface area contributed by atoms with Gasteiger partial charge in [-0.25, -0.2) is 8.42 Å². The largest absolute Gasteiger partial charge is 0.387 e. The van der Waals surface area contributed by atoms with Gasteiger partial charge in [-0.3, -0.25) is 4.79 Å². The fraction of sp³-hybridized carbons (Fsp3) is 0.350. The summed E-state index contributed by atoms with van der Waals surface area (Å²) in [4.78, 5) is 14.4. The number of fused-ring (bicyclic) bond motifs is 1. The number of anilines is 1. The molecule has 0 aliphatic carbocycles. The molecule has 2 aromatic carbocycles. The first-order valence-corrected chi connectivity index (χ1v) is 10.6. The van der Waals surface area contributed by atoms with E-state index in [9.17, 15) is 18.3 Å². The molecule has 6 nitrogen and oxygen atoms in total. The smallest absolute Gasteiger partial charge is 0.221 e. The lowest BCUT2D eigenvalue weighted by molar-refractivity contribution is -0.121. The highest BCUT2D eigenvalue weighted by Crippen LogP contribution is 2.29. The second kappa shape index (κ2) is 8.10. The summed E-state index contributed by atoms with van der Waals surface area (Å²) in [6.07, 6.45) is -0.0226. The van der Waals surface area contributed by atoms with Gasteiger partial charge in [-0.15, -0.1) is 0 Å². The Morgan fingerprint density at radius 1 is 1.22 bits per heavy atom. The van der Waals surface area contributed by atoms with Crippen LogP contribution in [0.15, 0.2) is 53.4 Å². The van der Waals surface area contributed by atoms with E-state index in [-0.39, 0.29) is 23.6 Å². The van der Waals surface area contributed by atoms with Crippen molar-refractivity contribution in [3.8, 4) is 0 Å². The number of hydrogen-bond donors (Lipinski definition) is 2. The van der Waals surface area contributed by atoms with Crippen LogP contribution >= 0.6 is 0 Å². The minimum Gasteiger partial charge on any atom is -0.387 e. The van der Waals surface area contributed by atoms with Crippen molar-refractivity contribution in [3.05, 3.63) is 59.7 Å². The summed E-state index contributed by atoms with van der Waals surface area (Å²) in [5.41, 5.74) is 3.11. The van der Waals surface area contributed by atoms with Gasteiger partial charge >= 0.3 is 0 Å². The Kier molecular flexibility index (Phi) is 5.82. The van der Waals surface area contributed by atoms with Gasteiger partial charge in [0.25, 0.3) is 0 Å². The number of sulfone groups is 1. The lowest BCUT2D eigenvalue weighted by Gasteiger charge is -2.15. The molecule has 0 saturated heterocycles. The Balaban J connectivity index is 1.51. The van der Waals surface area contributed by atoms with E-state index in [1.807, 2.05) is 25.2 Å². The summed E-state index contributed by atoms with van der Waals surface area (Å²) in [6, 6.07) is 13.9. The third-order valence-corrected chi connectivity index (χ3v) is 6.54. The predicted octanol–water partition coefficient (Wildman–Crippen LogP) is 1.69. The molecule has 1 amide bonds. The van der Waals surface area contributed by atoms with Crippen LogP contribution in [0.2, 0.25) is 0 Å². The second-order valence-electron chi connectivity index (χ2n) is 6.76. The first kappa shape index (κ1) is 19.4. The molecule has 2 N–H and O–H groups in total. The van der Waals surface area contributed by atoms with Gasteiger partial charge in [-0.1, -0.05) is 30.3 Å². The van der Waals surface area contributed by atoms with Crippen LogP contribution in [0.25, 0.3) is 0 Å². The van der Waals surface area contributed by atoms with Crippen molar-refractivity contribution < 1.29 is 18.3 Å². The van der Waals surface area contributed by atoms with Gasteiger partial charge in [0.2, 0.25) is 5.91 Å². The molecule has 1 aliphatic heterocycles. The monoisotopic (exact) mass is 388 g/mol. The van der Waals surface area contributed by atoms with Gasteiger partial charge < -0.3 is 15.3 Å². The molecule has 1 heterocycles. The molecule has 1 atom stereocenters. The van der Waals surface area contributed by atoms with E-state index in [1.165, 1.54) is 23.4 Å². The molecule has 0 spiro atoms. The first-order valence-electron chi connectivity index (χ1n) is 8.93. The Bertz CT molecular complexity index is 913. The zero-order valence-electron chi connectivity index (χ0n) is 15.3. The number of nitrogens with zero attached hydrogens (tertiary/aromatic N) is 1. The van der Waals surface area contributed by atoms with Crippen LogP contribution < -0.4 is 10.2 Å². The molecule has 0 unspecified atom stereocenters. The fourth-order valence-corrected chi connectivity index (χ4v) is 4.45. The summed E-state index contributed by atoms with van der Waals surface area (Å²) in [6.45, 7) is 1.01. The number of aliphatic hydroxyl groups is 1. The van der Waals surface area contributed by atoms with E-state index in [2.05, 4.69) is 10.2 Å². The maximum absolute atomic E-state index is 12.2. The average molecular weight is 388 g/mol. The van der Waals surface area contributed by atoms with Crippen molar-refractivity contribution >= 4 is 21.4 Å². The lowest BCUT2D eigenvalue weighted by atomic mass is 10.0. The summed E-state index contributed by atoms with van der Waals surface area (Å²) >= 11 is 0. The fourth-order valence-electron chi connectivity index (χ4n) is 3.18. The molecule has 7 heteroatoms. The number of rotatable bonds is 7. The lowest BCUT2D eigenvalue weighted by Crippen LogP contribution is -2.29. The molecule has 0 bridgehead atoms. The van der Waals surface area contributed by atoms with Crippen LogP contribution in [0.5, 0.6) is 0 Å². The third-order valence-electron chi connectivity index (χ3n) is 4.81. The molecule has 3 rings (SSSR count). The molecular weight excluding hydrogens is 364 g/mol. The molecule has 2 aromatic rings. The summed E-state index contributed by atoms with van der Waals surface area (Å²) < 4.78 is 24.4. The molecule has 1 aliphatic rings. The first-order chi connectivity index (χ1) is 12.9. The minimum absolute atomic E-state index is 0.0544. The molecule has 0 radical (unpaired) electrons. The van der Waals surface area contributed by atoms with Crippen molar-refractivity contribution in [1.82, 2.24) is 5.32 Å². The molecule has 0 fully saturated rings. The van der Waals surface area contributed by atoms with E-state index < -0.39 is 21.8 Å². The van der Waals surface area contributed by atoms with Crippen LogP contribution in [-0.4, -0.2) is 45.3 Å². The van der Waals surface area contributed by atoms with E-state index in [0.29, 0.717) is 0 Å². The zero-order chi connectivity index (χ0) is 19.4. The summed E-state index contributed by atoms with van der Waals surface area (Å²) in [5.74, 6) is -0.654. The van der Waals surface area contributed by atoms with Crippen molar-refractivity contribution in [3.63, 3.8) is 0 Å². The van der Waals surface area contributed by atoms with Gasteiger partial charge in [0.1, 0.15) is 0 Å². The van der Waals surface area contributed by atoms with Crippen LogP contribution in [0.1, 0.15) is 23.7 Å².